The topological polar surface area (TPSA) is 109 Å². The Bertz CT molecular complexity index is 1220. The van der Waals surface area contributed by atoms with Crippen LogP contribution in [0.3, 0.4) is 0 Å². The quantitative estimate of drug-likeness (QED) is 0.301. The van der Waals surface area contributed by atoms with E-state index < -0.39 is 11.0 Å². The van der Waals surface area contributed by atoms with Crippen LogP contribution < -0.4 is 16.0 Å². The Balaban J connectivity index is 1.72. The van der Waals surface area contributed by atoms with E-state index in [2.05, 4.69) is 56.6 Å². The number of nitrogens with one attached hydrogen (secondary N) is 3. The Morgan fingerprint density at radius 3 is 2.14 bits per heavy atom. The molecule has 0 bridgehead atoms. The number of amides is 2. The summed E-state index contributed by atoms with van der Waals surface area (Å²) in [7, 11) is 0. The normalized spacial score (nSPS) is 16.1. The van der Waals surface area contributed by atoms with Gasteiger partial charge in [-0.15, -0.1) is 0 Å². The third-order valence-electron chi connectivity index (χ3n) is 5.85. The number of nitrogens with zero attached hydrogens (tertiary/aromatic N) is 2. The first-order chi connectivity index (χ1) is 16.7. The first-order valence-electron chi connectivity index (χ1n) is 11.5. The average Bonchev–Trinajstić information content (AvgIpc) is 3.26. The molecule has 8 nitrogen and oxygen atoms in total. The molecule has 0 atom stereocenters. The highest BCUT2D eigenvalue weighted by molar-refractivity contribution is 6.12. The van der Waals surface area contributed by atoms with Crippen molar-refractivity contribution in [1.29, 1.82) is 0 Å². The number of nitro benzene ring substituents is 1. The van der Waals surface area contributed by atoms with Gasteiger partial charge in [-0.2, -0.15) is 0 Å². The number of non-ortho nitro benzene ring substituents is 1. The molecular weight excluding hydrogens is 442 g/mol. The molecule has 0 saturated carbocycles. The van der Waals surface area contributed by atoms with E-state index in [4.69, 9.17) is 4.99 Å². The molecule has 0 saturated heterocycles. The van der Waals surface area contributed by atoms with E-state index in [0.717, 1.165) is 29.1 Å². The molecule has 8 heteroatoms. The van der Waals surface area contributed by atoms with Gasteiger partial charge in [-0.05, 0) is 62.1 Å². The number of urea groups is 1. The number of allylic oxidation sites excluding steroid dienone is 2. The van der Waals surface area contributed by atoms with Gasteiger partial charge in [0.2, 0.25) is 0 Å². The van der Waals surface area contributed by atoms with Crippen LogP contribution in [0.5, 0.6) is 0 Å². The number of carbonyl (C=O) groups is 1. The zero-order valence-electron chi connectivity index (χ0n) is 20.7. The van der Waals surface area contributed by atoms with Gasteiger partial charge in [-0.25, -0.2) is 9.79 Å². The maximum Gasteiger partial charge on any atom is 0.323 e. The monoisotopic (exact) mass is 473 g/mol. The molecule has 3 N–H and O–H groups in total. The van der Waals surface area contributed by atoms with Crippen LogP contribution >= 0.6 is 0 Å². The highest BCUT2D eigenvalue weighted by Crippen LogP contribution is 2.27. The number of aliphatic imine (C=N–C) groups is 1. The second-order valence-electron chi connectivity index (χ2n) is 8.70. The Kier molecular flexibility index (Phi) is 8.20. The van der Waals surface area contributed by atoms with E-state index in [1.807, 2.05) is 30.5 Å². The highest BCUT2D eigenvalue weighted by Gasteiger charge is 2.20. The lowest BCUT2D eigenvalue weighted by molar-refractivity contribution is -0.384. The molecule has 35 heavy (non-hydrogen) atoms. The smallest absolute Gasteiger partial charge is 0.323 e. The molecule has 1 heterocycles. The molecule has 2 amide bonds. The van der Waals surface area contributed by atoms with Crippen LogP contribution in [0.15, 0.2) is 82.5 Å². The fourth-order valence-corrected chi connectivity index (χ4v) is 3.27. The van der Waals surface area contributed by atoms with E-state index in [-0.39, 0.29) is 5.69 Å². The molecule has 0 aliphatic carbocycles. The highest BCUT2D eigenvalue weighted by atomic mass is 16.6. The molecule has 3 rings (SSSR count). The van der Waals surface area contributed by atoms with E-state index in [9.17, 15) is 14.9 Å². The summed E-state index contributed by atoms with van der Waals surface area (Å²) >= 11 is 0. The van der Waals surface area contributed by atoms with Crippen molar-refractivity contribution in [3.8, 4) is 0 Å². The first kappa shape index (κ1) is 25.4. The van der Waals surface area contributed by atoms with Crippen LogP contribution in [0.1, 0.15) is 46.6 Å². The van der Waals surface area contributed by atoms with E-state index in [1.165, 1.54) is 35.4 Å². The number of benzene rings is 2. The molecule has 0 radical (unpaired) electrons. The minimum atomic E-state index is -0.485. The Morgan fingerprint density at radius 1 is 1.06 bits per heavy atom. The molecule has 0 fully saturated rings. The van der Waals surface area contributed by atoms with Crippen molar-refractivity contribution in [3.63, 3.8) is 0 Å². The molecule has 2 aromatic carbocycles. The van der Waals surface area contributed by atoms with Gasteiger partial charge in [0.25, 0.3) is 5.69 Å². The van der Waals surface area contributed by atoms with Crippen LogP contribution in [-0.2, 0) is 0 Å². The van der Waals surface area contributed by atoms with E-state index >= 15 is 0 Å². The van der Waals surface area contributed by atoms with Crippen molar-refractivity contribution in [2.24, 2.45) is 10.9 Å². The third-order valence-corrected chi connectivity index (χ3v) is 5.85. The van der Waals surface area contributed by atoms with Crippen LogP contribution in [-0.4, -0.2) is 16.8 Å². The van der Waals surface area contributed by atoms with Crippen molar-refractivity contribution < 1.29 is 9.72 Å². The molecule has 182 valence electrons. The number of rotatable bonds is 7. The predicted molar refractivity (Wildman–Crippen MR) is 142 cm³/mol. The lowest BCUT2D eigenvalue weighted by Crippen LogP contribution is -2.19. The van der Waals surface area contributed by atoms with Gasteiger partial charge < -0.3 is 16.0 Å². The Hall–Kier alpha value is -4.20. The lowest BCUT2D eigenvalue weighted by atomic mass is 9.98. The Labute approximate surface area is 205 Å². The van der Waals surface area contributed by atoms with Gasteiger partial charge in [0.15, 0.2) is 0 Å². The SMILES string of the molecule is CC/C(C)=C/N=C1/NC(c2ccc(NC(=O)Nc3ccc([N+](=O)[O-])cc3)cc2)=C/C1=C(/C)C(C)C. The molecule has 2 aromatic rings. The largest absolute Gasteiger partial charge is 0.339 e. The zero-order chi connectivity index (χ0) is 25.5. The summed E-state index contributed by atoms with van der Waals surface area (Å²) in [5, 5.41) is 19.6. The van der Waals surface area contributed by atoms with Crippen LogP contribution in [0.4, 0.5) is 21.9 Å². The minimum Gasteiger partial charge on any atom is -0.339 e. The van der Waals surface area contributed by atoms with Crippen molar-refractivity contribution in [2.75, 3.05) is 10.6 Å². The molecule has 1 aliphatic heterocycles. The second-order valence-corrected chi connectivity index (χ2v) is 8.70. The fourth-order valence-electron chi connectivity index (χ4n) is 3.27. The summed E-state index contributed by atoms with van der Waals surface area (Å²) in [5.41, 5.74) is 6.53. The van der Waals surface area contributed by atoms with Gasteiger partial charge in [-0.1, -0.05) is 44.1 Å². The molecular formula is C27H31N5O3. The van der Waals surface area contributed by atoms with E-state index in [0.29, 0.717) is 17.3 Å². The maximum atomic E-state index is 12.3. The summed E-state index contributed by atoms with van der Waals surface area (Å²) in [6, 6.07) is 12.7. The zero-order valence-corrected chi connectivity index (χ0v) is 20.7. The van der Waals surface area contributed by atoms with Gasteiger partial charge in [0.05, 0.1) is 4.92 Å². The summed E-state index contributed by atoms with van der Waals surface area (Å²) in [6.45, 7) is 10.6. The average molecular weight is 474 g/mol. The van der Waals surface area contributed by atoms with Crippen molar-refractivity contribution in [3.05, 3.63) is 93.2 Å². The van der Waals surface area contributed by atoms with Crippen molar-refractivity contribution in [1.82, 2.24) is 5.32 Å². The third kappa shape index (κ3) is 6.66. The van der Waals surface area contributed by atoms with Crippen LogP contribution in [0.2, 0.25) is 0 Å². The van der Waals surface area contributed by atoms with Gasteiger partial charge in [0, 0.05) is 41.0 Å². The van der Waals surface area contributed by atoms with E-state index in [1.54, 1.807) is 0 Å². The molecule has 0 spiro atoms. The van der Waals surface area contributed by atoms with Gasteiger partial charge >= 0.3 is 6.03 Å². The fraction of sp³-hybridized carbons (Fsp3) is 0.259. The number of hydrogen-bond donors (Lipinski definition) is 3. The van der Waals surface area contributed by atoms with Gasteiger partial charge in [-0.3, -0.25) is 10.1 Å². The summed E-state index contributed by atoms with van der Waals surface area (Å²) in [6.07, 6.45) is 4.97. The molecule has 0 aromatic heterocycles. The van der Waals surface area contributed by atoms with Crippen molar-refractivity contribution in [2.45, 2.75) is 41.0 Å². The van der Waals surface area contributed by atoms with Crippen molar-refractivity contribution >= 4 is 34.6 Å². The molecule has 1 aliphatic rings. The standard InChI is InChI=1S/C27H31N5O3/c1-6-18(4)16-28-26-24(19(5)17(2)3)15-25(31-26)20-7-9-21(10-8-20)29-27(33)30-22-11-13-23(14-12-22)32(34)35/h7-17H,6H2,1-5H3,(H,28,31)(H2,29,30,33)/b18-16+,24-19+. The number of hydrogen-bond acceptors (Lipinski definition) is 4. The predicted octanol–water partition coefficient (Wildman–Crippen LogP) is 6.87. The number of anilines is 2. The second kappa shape index (κ2) is 11.3. The molecule has 0 unspecified atom stereocenters. The summed E-state index contributed by atoms with van der Waals surface area (Å²) < 4.78 is 0. The van der Waals surface area contributed by atoms with Crippen LogP contribution in [0.25, 0.3) is 5.70 Å². The lowest BCUT2D eigenvalue weighted by Gasteiger charge is -2.10. The number of carbonyl (C=O) groups excluding carboxylic acids is 1. The number of amidine groups is 1. The van der Waals surface area contributed by atoms with Gasteiger partial charge in [0.1, 0.15) is 5.84 Å². The summed E-state index contributed by atoms with van der Waals surface area (Å²) in [5.74, 6) is 1.23. The first-order valence-corrected chi connectivity index (χ1v) is 11.5. The maximum absolute atomic E-state index is 12.3. The van der Waals surface area contributed by atoms with Crippen LogP contribution in [0, 0.1) is 16.0 Å². The number of nitro groups is 1. The Morgan fingerprint density at radius 2 is 1.63 bits per heavy atom. The summed E-state index contributed by atoms with van der Waals surface area (Å²) in [4.78, 5) is 27.3. The minimum absolute atomic E-state index is 0.0345.